The first-order valence-corrected chi connectivity index (χ1v) is 7.64. The van der Waals surface area contributed by atoms with Gasteiger partial charge in [0.2, 0.25) is 5.91 Å². The molecular formula is C16H22ClN3O3. The number of nitrogens with two attached hydrogens (primary N) is 1. The second kappa shape index (κ2) is 7.19. The summed E-state index contributed by atoms with van der Waals surface area (Å²) in [5.74, 6) is 0.816. The lowest BCUT2D eigenvalue weighted by molar-refractivity contribution is -0.121. The maximum atomic E-state index is 12.4. The maximum absolute atomic E-state index is 12.4. The highest BCUT2D eigenvalue weighted by atomic mass is 35.5. The summed E-state index contributed by atoms with van der Waals surface area (Å²) < 4.78 is 5.38. The van der Waals surface area contributed by atoms with Crippen LogP contribution in [0.5, 0.6) is 5.75 Å². The number of hydrogen-bond acceptors (Lipinski definition) is 4. The molecule has 0 saturated heterocycles. The Morgan fingerprint density at radius 3 is 2.96 bits per heavy atom. The van der Waals surface area contributed by atoms with Crippen LogP contribution in [-0.2, 0) is 9.59 Å². The number of nitrogens with one attached hydrogen (secondary N) is 1. The molecule has 2 amide bonds. The zero-order chi connectivity index (χ0) is 15.7. The molecule has 0 spiro atoms. The molecule has 0 aromatic heterocycles. The Morgan fingerprint density at radius 1 is 1.43 bits per heavy atom. The van der Waals surface area contributed by atoms with E-state index in [2.05, 4.69) is 5.32 Å². The molecule has 1 aliphatic carbocycles. The smallest absolute Gasteiger partial charge is 0.264 e. The Morgan fingerprint density at radius 2 is 2.22 bits per heavy atom. The molecule has 1 fully saturated rings. The van der Waals surface area contributed by atoms with Crippen molar-refractivity contribution in [3.05, 3.63) is 18.2 Å². The molecule has 126 valence electrons. The molecule has 2 atom stereocenters. The number of likely N-dealkylation sites (N-methyl/N-ethyl adjacent to an activating group) is 1. The van der Waals surface area contributed by atoms with Crippen LogP contribution in [0.1, 0.15) is 19.3 Å². The van der Waals surface area contributed by atoms with E-state index in [9.17, 15) is 9.59 Å². The number of benzene rings is 1. The summed E-state index contributed by atoms with van der Waals surface area (Å²) in [6, 6.07) is 5.35. The Labute approximate surface area is 141 Å². The molecule has 23 heavy (non-hydrogen) atoms. The highest BCUT2D eigenvalue weighted by Crippen LogP contribution is 2.35. The van der Waals surface area contributed by atoms with Crippen LogP contribution in [0.25, 0.3) is 0 Å². The number of ether oxygens (including phenoxy) is 1. The topological polar surface area (TPSA) is 84.7 Å². The summed E-state index contributed by atoms with van der Waals surface area (Å²) in [6.07, 6.45) is 2.96. The summed E-state index contributed by atoms with van der Waals surface area (Å²) in [5.41, 5.74) is 7.09. The predicted octanol–water partition coefficient (Wildman–Crippen LogP) is 1.78. The lowest BCUT2D eigenvalue weighted by atomic mass is 9.95. The number of amides is 2. The monoisotopic (exact) mass is 339 g/mol. The largest absolute Gasteiger partial charge is 0.482 e. The predicted molar refractivity (Wildman–Crippen MR) is 91.1 cm³/mol. The van der Waals surface area contributed by atoms with Crippen LogP contribution in [0.2, 0.25) is 0 Å². The highest BCUT2D eigenvalue weighted by molar-refractivity contribution is 5.99. The molecule has 1 saturated carbocycles. The number of rotatable bonds is 3. The van der Waals surface area contributed by atoms with E-state index in [1.165, 1.54) is 0 Å². The standard InChI is InChI=1S/C16H21N3O3.ClH/c1-19-13-7-11(5-6-14(13)22-9-15(19)20)18-16(21)12-4-2-3-10(12)8-17;/h5-7,10,12H,2-4,8-9,17H2,1H3,(H,18,21);1H/t10-,12-;/m1./s1. The van der Waals surface area contributed by atoms with Crippen LogP contribution < -0.4 is 20.7 Å². The van der Waals surface area contributed by atoms with Crippen LogP contribution in [0.4, 0.5) is 11.4 Å². The number of nitrogens with zero attached hydrogens (tertiary/aromatic N) is 1. The van der Waals surface area contributed by atoms with E-state index >= 15 is 0 Å². The lowest BCUT2D eigenvalue weighted by Crippen LogP contribution is -2.35. The molecule has 2 aliphatic rings. The third-order valence-electron chi connectivity index (χ3n) is 4.61. The minimum absolute atomic E-state index is 0. The number of hydrogen-bond donors (Lipinski definition) is 2. The SMILES string of the molecule is CN1C(=O)COc2ccc(NC(=O)[C@@H]3CCC[C@@H]3CN)cc21.Cl. The van der Waals surface area contributed by atoms with Gasteiger partial charge < -0.3 is 20.7 Å². The van der Waals surface area contributed by atoms with E-state index in [0.717, 1.165) is 19.3 Å². The maximum Gasteiger partial charge on any atom is 0.264 e. The number of halogens is 1. The van der Waals surface area contributed by atoms with Gasteiger partial charge >= 0.3 is 0 Å². The molecule has 1 aromatic carbocycles. The fourth-order valence-electron chi connectivity index (χ4n) is 3.25. The average Bonchev–Trinajstić information content (AvgIpc) is 3.00. The van der Waals surface area contributed by atoms with Crippen LogP contribution in [0, 0.1) is 11.8 Å². The number of carbonyl (C=O) groups excluding carboxylic acids is 2. The van der Waals surface area contributed by atoms with Gasteiger partial charge in [0.25, 0.3) is 5.91 Å². The van der Waals surface area contributed by atoms with E-state index in [1.807, 2.05) is 0 Å². The Hall–Kier alpha value is -1.79. The van der Waals surface area contributed by atoms with Gasteiger partial charge in [-0.15, -0.1) is 12.4 Å². The average molecular weight is 340 g/mol. The zero-order valence-electron chi connectivity index (χ0n) is 13.1. The molecule has 0 radical (unpaired) electrons. The first-order chi connectivity index (χ1) is 10.6. The second-order valence-electron chi connectivity index (χ2n) is 5.95. The first kappa shape index (κ1) is 17.6. The van der Waals surface area contributed by atoms with Crippen molar-refractivity contribution in [3.63, 3.8) is 0 Å². The highest BCUT2D eigenvalue weighted by Gasteiger charge is 2.32. The minimum Gasteiger partial charge on any atom is -0.482 e. The fraction of sp³-hybridized carbons (Fsp3) is 0.500. The first-order valence-electron chi connectivity index (χ1n) is 7.64. The molecule has 0 bridgehead atoms. The number of fused-ring (bicyclic) bond motifs is 1. The van der Waals surface area contributed by atoms with Gasteiger partial charge in [-0.05, 0) is 43.5 Å². The number of anilines is 2. The molecule has 0 unspecified atom stereocenters. The molecule has 1 aromatic rings. The van der Waals surface area contributed by atoms with Crippen LogP contribution in [0.15, 0.2) is 18.2 Å². The van der Waals surface area contributed by atoms with Crippen molar-refractivity contribution in [1.82, 2.24) is 0 Å². The molecule has 7 heteroatoms. The quantitative estimate of drug-likeness (QED) is 0.879. The second-order valence-corrected chi connectivity index (χ2v) is 5.95. The van der Waals surface area contributed by atoms with Crippen molar-refractivity contribution < 1.29 is 14.3 Å². The van der Waals surface area contributed by atoms with Crippen molar-refractivity contribution >= 4 is 35.6 Å². The minimum atomic E-state index is -0.102. The van der Waals surface area contributed by atoms with Crippen molar-refractivity contribution in [2.75, 3.05) is 30.4 Å². The van der Waals surface area contributed by atoms with Crippen LogP contribution in [-0.4, -0.2) is 32.0 Å². The Kier molecular flexibility index (Phi) is 5.49. The summed E-state index contributed by atoms with van der Waals surface area (Å²) in [4.78, 5) is 25.6. The van der Waals surface area contributed by atoms with Crippen molar-refractivity contribution in [1.29, 1.82) is 0 Å². The summed E-state index contributed by atoms with van der Waals surface area (Å²) >= 11 is 0. The summed E-state index contributed by atoms with van der Waals surface area (Å²) in [6.45, 7) is 0.600. The Balaban J connectivity index is 0.00000192. The molecule has 3 N–H and O–H groups in total. The number of carbonyl (C=O) groups is 2. The molecular weight excluding hydrogens is 318 g/mol. The molecule has 6 nitrogen and oxygen atoms in total. The molecule has 1 heterocycles. The van der Waals surface area contributed by atoms with Crippen molar-refractivity contribution in [2.24, 2.45) is 17.6 Å². The summed E-state index contributed by atoms with van der Waals surface area (Å²) in [7, 11) is 1.71. The van der Waals surface area contributed by atoms with E-state index < -0.39 is 0 Å². The van der Waals surface area contributed by atoms with Gasteiger partial charge in [0.05, 0.1) is 5.69 Å². The van der Waals surface area contributed by atoms with Gasteiger partial charge in [-0.1, -0.05) is 6.42 Å². The Bertz CT molecular complexity index is 608. The van der Waals surface area contributed by atoms with Crippen LogP contribution >= 0.6 is 12.4 Å². The van der Waals surface area contributed by atoms with Gasteiger partial charge in [-0.2, -0.15) is 0 Å². The fourth-order valence-corrected chi connectivity index (χ4v) is 3.25. The van der Waals surface area contributed by atoms with Gasteiger partial charge in [-0.25, -0.2) is 0 Å². The summed E-state index contributed by atoms with van der Waals surface area (Å²) in [5, 5.41) is 2.95. The van der Waals surface area contributed by atoms with Crippen LogP contribution in [0.3, 0.4) is 0 Å². The van der Waals surface area contributed by atoms with Crippen molar-refractivity contribution in [3.8, 4) is 5.75 Å². The molecule has 1 aliphatic heterocycles. The van der Waals surface area contributed by atoms with Crippen molar-refractivity contribution in [2.45, 2.75) is 19.3 Å². The normalized spacial score (nSPS) is 22.9. The third kappa shape index (κ3) is 3.43. The third-order valence-corrected chi connectivity index (χ3v) is 4.61. The molecule has 3 rings (SSSR count). The van der Waals surface area contributed by atoms with Gasteiger partial charge in [0, 0.05) is 18.7 Å². The van der Waals surface area contributed by atoms with E-state index in [1.54, 1.807) is 30.1 Å². The lowest BCUT2D eigenvalue weighted by Gasteiger charge is -2.26. The van der Waals surface area contributed by atoms with E-state index in [-0.39, 0.29) is 42.7 Å². The van der Waals surface area contributed by atoms with E-state index in [0.29, 0.717) is 23.7 Å². The van der Waals surface area contributed by atoms with E-state index in [4.69, 9.17) is 10.5 Å². The zero-order valence-corrected chi connectivity index (χ0v) is 13.9. The van der Waals surface area contributed by atoms with Gasteiger partial charge in [0.1, 0.15) is 5.75 Å². The van der Waals surface area contributed by atoms with Gasteiger partial charge in [-0.3, -0.25) is 9.59 Å². The van der Waals surface area contributed by atoms with Gasteiger partial charge in [0.15, 0.2) is 6.61 Å².